The summed E-state index contributed by atoms with van der Waals surface area (Å²) in [5, 5.41) is -0.571. The van der Waals surface area contributed by atoms with Gasteiger partial charge in [0, 0.05) is 25.7 Å². The Kier molecular flexibility index (Phi) is 6.27. The monoisotopic (exact) mass is 527 g/mol. The Hall–Kier alpha value is -3.34. The van der Waals surface area contributed by atoms with Crippen LogP contribution < -0.4 is 20.1 Å². The molecule has 1 fully saturated rings. The van der Waals surface area contributed by atoms with Crippen LogP contribution in [0.2, 0.25) is 5.02 Å². The van der Waals surface area contributed by atoms with Gasteiger partial charge in [-0.2, -0.15) is 18.2 Å². The SMILES string of the molecule is O=c1nc(OCc2cc(F)c(Oc3ccc(Cl)c(C(F)(F)F)c3)c(F)c2)cc2n1CC1CCCN2C1. The van der Waals surface area contributed by atoms with Crippen LogP contribution in [-0.2, 0) is 19.3 Å². The molecule has 36 heavy (non-hydrogen) atoms. The van der Waals surface area contributed by atoms with Crippen LogP contribution in [0.4, 0.5) is 27.8 Å². The lowest BCUT2D eigenvalue weighted by Gasteiger charge is -2.40. The first-order valence-electron chi connectivity index (χ1n) is 11.1. The minimum absolute atomic E-state index is 0.0252. The van der Waals surface area contributed by atoms with Gasteiger partial charge in [0.15, 0.2) is 17.4 Å². The molecule has 6 nitrogen and oxygen atoms in total. The number of fused-ring (bicyclic) bond motifs is 4. The normalized spacial score (nSPS) is 17.1. The summed E-state index contributed by atoms with van der Waals surface area (Å²) in [6, 6.07) is 6.04. The van der Waals surface area contributed by atoms with Crippen LogP contribution in [0, 0.1) is 17.6 Å². The van der Waals surface area contributed by atoms with E-state index >= 15 is 0 Å². The predicted molar refractivity (Wildman–Crippen MR) is 121 cm³/mol. The van der Waals surface area contributed by atoms with Crippen molar-refractivity contribution in [1.29, 1.82) is 0 Å². The minimum Gasteiger partial charge on any atom is -0.473 e. The molecule has 2 aromatic carbocycles. The van der Waals surface area contributed by atoms with E-state index in [9.17, 15) is 26.7 Å². The molecule has 1 aromatic heterocycles. The zero-order valence-electron chi connectivity index (χ0n) is 18.6. The van der Waals surface area contributed by atoms with Crippen LogP contribution in [0.15, 0.2) is 41.2 Å². The first-order chi connectivity index (χ1) is 17.1. The van der Waals surface area contributed by atoms with Gasteiger partial charge in [-0.1, -0.05) is 11.6 Å². The second kappa shape index (κ2) is 9.27. The van der Waals surface area contributed by atoms with Crippen molar-refractivity contribution in [1.82, 2.24) is 9.55 Å². The molecule has 0 aliphatic carbocycles. The zero-order chi connectivity index (χ0) is 25.6. The molecule has 3 heterocycles. The van der Waals surface area contributed by atoms with Gasteiger partial charge in [0.05, 0.1) is 10.6 Å². The Bertz CT molecular complexity index is 1360. The first-order valence-corrected chi connectivity index (χ1v) is 11.5. The molecule has 1 atom stereocenters. The van der Waals surface area contributed by atoms with Gasteiger partial charge < -0.3 is 14.4 Å². The first kappa shape index (κ1) is 24.4. The largest absolute Gasteiger partial charge is 0.473 e. The Morgan fingerprint density at radius 3 is 2.56 bits per heavy atom. The van der Waals surface area contributed by atoms with Crippen LogP contribution in [0.5, 0.6) is 17.4 Å². The summed E-state index contributed by atoms with van der Waals surface area (Å²) in [5.74, 6) is -2.48. The molecule has 0 radical (unpaired) electrons. The van der Waals surface area contributed by atoms with Gasteiger partial charge in [-0.05, 0) is 54.7 Å². The summed E-state index contributed by atoms with van der Waals surface area (Å²) in [7, 11) is 0. The number of rotatable bonds is 5. The van der Waals surface area contributed by atoms with E-state index in [2.05, 4.69) is 9.88 Å². The number of nitrogens with zero attached hydrogens (tertiary/aromatic N) is 3. The van der Waals surface area contributed by atoms with Crippen molar-refractivity contribution in [3.05, 3.63) is 74.7 Å². The third kappa shape index (κ3) is 4.84. The number of ether oxygens (including phenoxy) is 2. The molecule has 3 aromatic rings. The van der Waals surface area contributed by atoms with Crippen LogP contribution in [0.25, 0.3) is 0 Å². The topological polar surface area (TPSA) is 56.6 Å². The van der Waals surface area contributed by atoms with Crippen molar-refractivity contribution in [3.63, 3.8) is 0 Å². The summed E-state index contributed by atoms with van der Waals surface area (Å²) in [6.45, 7) is 1.95. The Morgan fingerprint density at radius 1 is 1.08 bits per heavy atom. The van der Waals surface area contributed by atoms with Gasteiger partial charge >= 0.3 is 11.9 Å². The number of anilines is 1. The predicted octanol–water partition coefficient (Wildman–Crippen LogP) is 5.80. The number of hydrogen-bond donors (Lipinski definition) is 0. The molecule has 1 unspecified atom stereocenters. The lowest BCUT2D eigenvalue weighted by Crippen LogP contribution is -2.46. The molecule has 12 heteroatoms. The van der Waals surface area contributed by atoms with Crippen molar-refractivity contribution in [2.24, 2.45) is 5.92 Å². The summed E-state index contributed by atoms with van der Waals surface area (Å²) < 4.78 is 80.6. The molecule has 2 aliphatic heterocycles. The summed E-state index contributed by atoms with van der Waals surface area (Å²) in [6.07, 6.45) is -2.69. The highest BCUT2D eigenvalue weighted by Gasteiger charge is 2.34. The smallest absolute Gasteiger partial charge is 0.417 e. The molecule has 190 valence electrons. The van der Waals surface area contributed by atoms with Crippen LogP contribution >= 0.6 is 11.6 Å². The number of halogens is 6. The quantitative estimate of drug-likeness (QED) is 0.393. The maximum atomic E-state index is 14.6. The van der Waals surface area contributed by atoms with E-state index in [0.29, 0.717) is 24.3 Å². The molecular weight excluding hydrogens is 509 g/mol. The second-order valence-corrected chi connectivity index (χ2v) is 9.13. The lowest BCUT2D eigenvalue weighted by atomic mass is 9.96. The Labute approximate surface area is 206 Å². The molecule has 0 N–H and O–H groups in total. The number of piperidine rings is 1. The van der Waals surface area contributed by atoms with Crippen LogP contribution in [0.3, 0.4) is 0 Å². The molecule has 0 amide bonds. The van der Waals surface area contributed by atoms with Gasteiger partial charge in [-0.15, -0.1) is 0 Å². The van der Waals surface area contributed by atoms with Crippen LogP contribution in [-0.4, -0.2) is 22.6 Å². The fraction of sp³-hybridized carbons (Fsp3) is 0.333. The van der Waals surface area contributed by atoms with Crippen molar-refractivity contribution in [3.8, 4) is 17.4 Å². The molecule has 2 bridgehead atoms. The van der Waals surface area contributed by atoms with E-state index in [4.69, 9.17) is 21.1 Å². The zero-order valence-corrected chi connectivity index (χ0v) is 19.4. The van der Waals surface area contributed by atoms with E-state index in [0.717, 1.165) is 50.2 Å². The minimum atomic E-state index is -4.77. The highest BCUT2D eigenvalue weighted by molar-refractivity contribution is 6.31. The number of benzene rings is 2. The number of hydrogen-bond acceptors (Lipinski definition) is 5. The fourth-order valence-electron chi connectivity index (χ4n) is 4.51. The van der Waals surface area contributed by atoms with Crippen molar-refractivity contribution in [2.45, 2.75) is 32.2 Å². The summed E-state index contributed by atoms with van der Waals surface area (Å²) in [4.78, 5) is 18.5. The summed E-state index contributed by atoms with van der Waals surface area (Å²) >= 11 is 5.56. The number of alkyl halides is 3. The number of aromatic nitrogens is 2. The average molecular weight is 528 g/mol. The van der Waals surface area contributed by atoms with Gasteiger partial charge in [0.1, 0.15) is 18.2 Å². The Balaban J connectivity index is 1.33. The van der Waals surface area contributed by atoms with Crippen molar-refractivity contribution in [2.75, 3.05) is 18.0 Å². The van der Waals surface area contributed by atoms with Gasteiger partial charge in [0.25, 0.3) is 0 Å². The standard InChI is InChI=1S/C24H19ClF5N3O3/c25-17-4-3-15(8-16(17)24(28,29)30)36-22-18(26)6-14(7-19(22)27)12-35-20-9-21-32-5-1-2-13(10-32)11-33(21)23(34)31-20/h3-4,6-9,13H,1-2,5,10-12H2. The van der Waals surface area contributed by atoms with E-state index < -0.39 is 45.6 Å². The van der Waals surface area contributed by atoms with E-state index in [1.165, 1.54) is 0 Å². The van der Waals surface area contributed by atoms with Gasteiger partial charge in [0.2, 0.25) is 5.88 Å². The molecular formula is C24H19ClF5N3O3. The third-order valence-electron chi connectivity index (χ3n) is 6.16. The molecule has 1 saturated heterocycles. The second-order valence-electron chi connectivity index (χ2n) is 8.72. The Morgan fingerprint density at radius 2 is 1.83 bits per heavy atom. The van der Waals surface area contributed by atoms with Crippen molar-refractivity contribution >= 4 is 17.4 Å². The van der Waals surface area contributed by atoms with Gasteiger partial charge in [-0.25, -0.2) is 13.6 Å². The maximum Gasteiger partial charge on any atom is 0.417 e. The third-order valence-corrected chi connectivity index (χ3v) is 6.49. The van der Waals surface area contributed by atoms with E-state index in [-0.39, 0.29) is 18.1 Å². The highest BCUT2D eigenvalue weighted by Crippen LogP contribution is 2.38. The van der Waals surface area contributed by atoms with Crippen molar-refractivity contribution < 1.29 is 31.4 Å². The maximum absolute atomic E-state index is 14.6. The fourth-order valence-corrected chi connectivity index (χ4v) is 4.74. The average Bonchev–Trinajstić information content (AvgIpc) is 2.81. The molecule has 0 saturated carbocycles. The lowest BCUT2D eigenvalue weighted by molar-refractivity contribution is -0.137. The van der Waals surface area contributed by atoms with Crippen LogP contribution in [0.1, 0.15) is 24.0 Å². The van der Waals surface area contributed by atoms with E-state index in [1.807, 2.05) is 0 Å². The molecule has 5 rings (SSSR count). The summed E-state index contributed by atoms with van der Waals surface area (Å²) in [5.41, 5.74) is -1.58. The van der Waals surface area contributed by atoms with E-state index in [1.54, 1.807) is 10.6 Å². The van der Waals surface area contributed by atoms with Gasteiger partial charge in [-0.3, -0.25) is 4.57 Å². The molecule has 0 spiro atoms. The molecule has 2 aliphatic rings. The highest BCUT2D eigenvalue weighted by atomic mass is 35.5.